The number of rotatable bonds is 4. The fourth-order valence-electron chi connectivity index (χ4n) is 3.21. The van der Waals surface area contributed by atoms with Gasteiger partial charge in [-0.25, -0.2) is 4.39 Å². The van der Waals surface area contributed by atoms with Gasteiger partial charge < -0.3 is 10.2 Å². The first-order chi connectivity index (χ1) is 13.0. The van der Waals surface area contributed by atoms with Crippen molar-refractivity contribution in [2.75, 3.05) is 18.4 Å². The largest absolute Gasteiger partial charge is 0.339 e. The summed E-state index contributed by atoms with van der Waals surface area (Å²) in [4.78, 5) is 27.1. The number of hydrogen-bond acceptors (Lipinski definition) is 2. The van der Waals surface area contributed by atoms with Crippen LogP contribution < -0.4 is 5.32 Å². The number of carbonyl (C=O) groups excluding carboxylic acids is 2. The fraction of sp³-hybridized carbons (Fsp3) is 0.273. The maximum atomic E-state index is 13.0. The summed E-state index contributed by atoms with van der Waals surface area (Å²) in [7, 11) is 0. The smallest absolute Gasteiger partial charge is 0.255 e. The number of likely N-dealkylation sites (tertiary alicyclic amines) is 1. The molecule has 5 heteroatoms. The molecule has 2 aromatic carbocycles. The van der Waals surface area contributed by atoms with Crippen LogP contribution in [0.1, 0.15) is 42.1 Å². The van der Waals surface area contributed by atoms with Gasteiger partial charge in [-0.05, 0) is 61.6 Å². The predicted octanol–water partition coefficient (Wildman–Crippen LogP) is 4.49. The normalized spacial score (nSPS) is 14.7. The van der Waals surface area contributed by atoms with Gasteiger partial charge in [0.05, 0.1) is 11.3 Å². The molecular formula is C22H23FN2O2. The molecule has 0 spiro atoms. The highest BCUT2D eigenvalue weighted by molar-refractivity contribution is 6.08. The molecule has 1 fully saturated rings. The molecule has 1 saturated heterocycles. The van der Waals surface area contributed by atoms with Crippen LogP contribution in [0.5, 0.6) is 0 Å². The summed E-state index contributed by atoms with van der Waals surface area (Å²) in [5.74, 6) is -0.693. The van der Waals surface area contributed by atoms with E-state index in [4.69, 9.17) is 0 Å². The van der Waals surface area contributed by atoms with Crippen LogP contribution >= 0.6 is 0 Å². The Labute approximate surface area is 158 Å². The SMILES string of the molecule is CC(=CC(=O)Nc1ccccc1C(=O)N1CCCCC1)c1ccc(F)cc1. The average Bonchev–Trinajstić information content (AvgIpc) is 2.69. The second-order valence-corrected chi connectivity index (χ2v) is 6.72. The predicted molar refractivity (Wildman–Crippen MR) is 105 cm³/mol. The van der Waals surface area contributed by atoms with E-state index in [1.54, 1.807) is 43.3 Å². The Bertz CT molecular complexity index is 853. The number of para-hydroxylation sites is 1. The van der Waals surface area contributed by atoms with Gasteiger partial charge in [0.2, 0.25) is 5.91 Å². The number of hydrogen-bond donors (Lipinski definition) is 1. The third-order valence-corrected chi connectivity index (χ3v) is 4.71. The Balaban J connectivity index is 1.75. The van der Waals surface area contributed by atoms with Crippen molar-refractivity contribution in [1.29, 1.82) is 0 Å². The molecule has 1 aliphatic rings. The number of piperidine rings is 1. The zero-order valence-corrected chi connectivity index (χ0v) is 15.4. The molecule has 4 nitrogen and oxygen atoms in total. The van der Waals surface area contributed by atoms with Crippen LogP contribution in [0.2, 0.25) is 0 Å². The molecule has 1 N–H and O–H groups in total. The van der Waals surface area contributed by atoms with E-state index >= 15 is 0 Å². The van der Waals surface area contributed by atoms with E-state index in [0.717, 1.165) is 37.9 Å². The van der Waals surface area contributed by atoms with Gasteiger partial charge in [-0.15, -0.1) is 0 Å². The Morgan fingerprint density at radius 2 is 1.67 bits per heavy atom. The van der Waals surface area contributed by atoms with Gasteiger partial charge in [-0.1, -0.05) is 24.3 Å². The maximum Gasteiger partial charge on any atom is 0.255 e. The maximum absolute atomic E-state index is 13.0. The van der Waals surface area contributed by atoms with Gasteiger partial charge in [-0.2, -0.15) is 0 Å². The Morgan fingerprint density at radius 1 is 1.00 bits per heavy atom. The molecule has 140 valence electrons. The Hall–Kier alpha value is -2.95. The lowest BCUT2D eigenvalue weighted by molar-refractivity contribution is -0.111. The average molecular weight is 366 g/mol. The molecule has 3 rings (SSSR count). The van der Waals surface area contributed by atoms with Crippen molar-refractivity contribution in [3.05, 3.63) is 71.6 Å². The lowest BCUT2D eigenvalue weighted by atomic mass is 10.1. The minimum atomic E-state index is -0.323. The number of nitrogens with one attached hydrogen (secondary N) is 1. The van der Waals surface area contributed by atoms with Crippen LogP contribution in [-0.2, 0) is 4.79 Å². The number of carbonyl (C=O) groups is 2. The second kappa shape index (κ2) is 8.62. The lowest BCUT2D eigenvalue weighted by Crippen LogP contribution is -2.36. The van der Waals surface area contributed by atoms with Gasteiger partial charge in [0.15, 0.2) is 0 Å². The lowest BCUT2D eigenvalue weighted by Gasteiger charge is -2.27. The summed E-state index contributed by atoms with van der Waals surface area (Å²) in [6, 6.07) is 13.0. The Kier molecular flexibility index (Phi) is 6.01. The Morgan fingerprint density at radius 3 is 2.37 bits per heavy atom. The van der Waals surface area contributed by atoms with Crippen LogP contribution in [-0.4, -0.2) is 29.8 Å². The quantitative estimate of drug-likeness (QED) is 0.811. The minimum Gasteiger partial charge on any atom is -0.339 e. The topological polar surface area (TPSA) is 49.4 Å². The van der Waals surface area contributed by atoms with E-state index in [1.165, 1.54) is 18.2 Å². The third kappa shape index (κ3) is 4.82. The zero-order chi connectivity index (χ0) is 19.2. The van der Waals surface area contributed by atoms with Gasteiger partial charge in [0, 0.05) is 19.2 Å². The van der Waals surface area contributed by atoms with Crippen molar-refractivity contribution in [1.82, 2.24) is 4.90 Å². The fourth-order valence-corrected chi connectivity index (χ4v) is 3.21. The molecule has 1 aliphatic heterocycles. The van der Waals surface area contributed by atoms with Crippen molar-refractivity contribution < 1.29 is 14.0 Å². The van der Waals surface area contributed by atoms with Crippen molar-refractivity contribution in [3.8, 4) is 0 Å². The number of halogens is 1. The number of allylic oxidation sites excluding steroid dienone is 1. The van der Waals surface area contributed by atoms with E-state index in [2.05, 4.69) is 5.32 Å². The summed E-state index contributed by atoms with van der Waals surface area (Å²) in [6.07, 6.45) is 4.63. The van der Waals surface area contributed by atoms with Gasteiger partial charge in [0.1, 0.15) is 5.82 Å². The van der Waals surface area contributed by atoms with Crippen LogP contribution in [0.15, 0.2) is 54.6 Å². The third-order valence-electron chi connectivity index (χ3n) is 4.71. The summed E-state index contributed by atoms with van der Waals surface area (Å²) in [6.45, 7) is 3.30. The molecule has 2 amide bonds. The molecule has 0 radical (unpaired) electrons. The number of benzene rings is 2. The summed E-state index contributed by atoms with van der Waals surface area (Å²) >= 11 is 0. The number of nitrogens with zero attached hydrogens (tertiary/aromatic N) is 1. The molecule has 0 saturated carbocycles. The monoisotopic (exact) mass is 366 g/mol. The molecule has 0 aromatic heterocycles. The van der Waals surface area contributed by atoms with Crippen molar-refractivity contribution in [2.45, 2.75) is 26.2 Å². The van der Waals surface area contributed by atoms with E-state index < -0.39 is 0 Å². The van der Waals surface area contributed by atoms with E-state index in [9.17, 15) is 14.0 Å². The van der Waals surface area contributed by atoms with Crippen molar-refractivity contribution in [2.24, 2.45) is 0 Å². The number of amides is 2. The van der Waals surface area contributed by atoms with Gasteiger partial charge >= 0.3 is 0 Å². The van der Waals surface area contributed by atoms with Gasteiger partial charge in [0.25, 0.3) is 5.91 Å². The molecule has 0 atom stereocenters. The van der Waals surface area contributed by atoms with E-state index in [-0.39, 0.29) is 17.6 Å². The van der Waals surface area contributed by atoms with E-state index in [0.29, 0.717) is 16.8 Å². The van der Waals surface area contributed by atoms with Crippen molar-refractivity contribution >= 4 is 23.1 Å². The molecule has 0 bridgehead atoms. The van der Waals surface area contributed by atoms with Crippen LogP contribution in [0.25, 0.3) is 5.57 Å². The minimum absolute atomic E-state index is 0.0511. The van der Waals surface area contributed by atoms with Crippen LogP contribution in [0.4, 0.5) is 10.1 Å². The number of anilines is 1. The summed E-state index contributed by atoms with van der Waals surface area (Å²) in [5.41, 5.74) is 2.48. The van der Waals surface area contributed by atoms with E-state index in [1.807, 2.05) is 4.90 Å². The molecule has 2 aromatic rings. The summed E-state index contributed by atoms with van der Waals surface area (Å²) in [5, 5.41) is 2.81. The van der Waals surface area contributed by atoms with Gasteiger partial charge in [-0.3, -0.25) is 9.59 Å². The van der Waals surface area contributed by atoms with Crippen LogP contribution in [0.3, 0.4) is 0 Å². The molecule has 1 heterocycles. The summed E-state index contributed by atoms with van der Waals surface area (Å²) < 4.78 is 13.0. The first-order valence-electron chi connectivity index (χ1n) is 9.18. The second-order valence-electron chi connectivity index (χ2n) is 6.72. The van der Waals surface area contributed by atoms with Crippen molar-refractivity contribution in [3.63, 3.8) is 0 Å². The molecule has 0 aliphatic carbocycles. The van der Waals surface area contributed by atoms with Crippen LogP contribution in [0, 0.1) is 5.82 Å². The zero-order valence-electron chi connectivity index (χ0n) is 15.4. The molecule has 0 unspecified atom stereocenters. The molecule has 27 heavy (non-hydrogen) atoms. The highest BCUT2D eigenvalue weighted by Crippen LogP contribution is 2.21. The first-order valence-corrected chi connectivity index (χ1v) is 9.18. The molecular weight excluding hydrogens is 343 g/mol. The highest BCUT2D eigenvalue weighted by Gasteiger charge is 2.21. The highest BCUT2D eigenvalue weighted by atomic mass is 19.1. The first kappa shape index (κ1) is 18.8. The standard InChI is InChI=1S/C22H23FN2O2/c1-16(17-9-11-18(23)12-10-17)15-21(26)24-20-8-4-3-7-19(20)22(27)25-13-5-2-6-14-25/h3-4,7-12,15H,2,5-6,13-14H2,1H3,(H,24,26).